The van der Waals surface area contributed by atoms with Gasteiger partial charge in [0, 0.05) is 11.3 Å². The Kier molecular flexibility index (Phi) is 3.37. The number of benzene rings is 1. The number of ether oxygens (including phenoxy) is 1. The first-order chi connectivity index (χ1) is 10.2. The molecule has 0 spiro atoms. The van der Waals surface area contributed by atoms with Gasteiger partial charge >= 0.3 is 0 Å². The molecule has 1 saturated carbocycles. The molecule has 2 aromatic rings. The average molecular weight is 282 g/mol. The van der Waals surface area contributed by atoms with Crippen LogP contribution in [0.1, 0.15) is 24.1 Å². The number of hydrogen-bond donors (Lipinski definition) is 1. The number of para-hydroxylation sites is 1. The lowest BCUT2D eigenvalue weighted by Crippen LogP contribution is -2.28. The second-order valence-corrected chi connectivity index (χ2v) is 5.40. The Morgan fingerprint density at radius 1 is 1.19 bits per heavy atom. The van der Waals surface area contributed by atoms with Crippen LogP contribution in [0.3, 0.4) is 0 Å². The van der Waals surface area contributed by atoms with Gasteiger partial charge in [-0.3, -0.25) is 4.79 Å². The van der Waals surface area contributed by atoms with Gasteiger partial charge in [0.1, 0.15) is 11.6 Å². The first-order valence-electron chi connectivity index (χ1n) is 7.04. The van der Waals surface area contributed by atoms with E-state index in [1.54, 1.807) is 7.11 Å². The molecule has 108 valence electrons. The lowest BCUT2D eigenvalue weighted by Gasteiger charge is -2.18. The van der Waals surface area contributed by atoms with Crippen LogP contribution in [0.4, 0.5) is 5.82 Å². The SMILES string of the molecule is COc1ccccc1C1(C(=O)Nc2cccc(C)n2)CC1. The number of aryl methyl sites for hydroxylation is 1. The number of carbonyl (C=O) groups is 1. The molecular formula is C17H18N2O2. The minimum Gasteiger partial charge on any atom is -0.496 e. The Bertz CT molecular complexity index is 678. The van der Waals surface area contributed by atoms with E-state index < -0.39 is 5.41 Å². The molecule has 0 aliphatic heterocycles. The summed E-state index contributed by atoms with van der Waals surface area (Å²) in [7, 11) is 1.63. The van der Waals surface area contributed by atoms with Crippen LogP contribution in [0.5, 0.6) is 5.75 Å². The zero-order valence-electron chi connectivity index (χ0n) is 12.2. The maximum atomic E-state index is 12.7. The monoisotopic (exact) mass is 282 g/mol. The smallest absolute Gasteiger partial charge is 0.236 e. The Morgan fingerprint density at radius 3 is 2.62 bits per heavy atom. The molecule has 1 aromatic heterocycles. The van der Waals surface area contributed by atoms with E-state index in [0.717, 1.165) is 29.8 Å². The van der Waals surface area contributed by atoms with Crippen LogP contribution >= 0.6 is 0 Å². The third-order valence-corrected chi connectivity index (χ3v) is 3.94. The molecule has 1 aromatic carbocycles. The number of nitrogens with zero attached hydrogens (tertiary/aromatic N) is 1. The van der Waals surface area contributed by atoms with Gasteiger partial charge in [0.25, 0.3) is 0 Å². The number of rotatable bonds is 4. The second-order valence-electron chi connectivity index (χ2n) is 5.40. The molecular weight excluding hydrogens is 264 g/mol. The molecule has 1 fully saturated rings. The lowest BCUT2D eigenvalue weighted by molar-refractivity contribution is -0.118. The number of pyridine rings is 1. The summed E-state index contributed by atoms with van der Waals surface area (Å²) in [6.07, 6.45) is 1.68. The second kappa shape index (κ2) is 5.20. The first-order valence-corrected chi connectivity index (χ1v) is 7.04. The molecule has 0 saturated heterocycles. The van der Waals surface area contributed by atoms with Crippen molar-refractivity contribution in [3.05, 3.63) is 53.7 Å². The number of carbonyl (C=O) groups excluding carboxylic acids is 1. The molecule has 1 aliphatic carbocycles. The zero-order valence-corrected chi connectivity index (χ0v) is 12.2. The van der Waals surface area contributed by atoms with E-state index in [2.05, 4.69) is 10.3 Å². The van der Waals surface area contributed by atoms with Crippen LogP contribution in [0.25, 0.3) is 0 Å². The Morgan fingerprint density at radius 2 is 1.95 bits per heavy atom. The van der Waals surface area contributed by atoms with Crippen LogP contribution in [0.2, 0.25) is 0 Å². The van der Waals surface area contributed by atoms with Crippen molar-refractivity contribution in [3.8, 4) is 5.75 Å². The normalized spacial score (nSPS) is 15.3. The summed E-state index contributed by atoms with van der Waals surface area (Å²) >= 11 is 0. The van der Waals surface area contributed by atoms with E-state index in [0.29, 0.717) is 5.82 Å². The van der Waals surface area contributed by atoms with Gasteiger partial charge in [-0.15, -0.1) is 0 Å². The lowest BCUT2D eigenvalue weighted by atomic mass is 9.94. The minimum absolute atomic E-state index is 0.00917. The fourth-order valence-electron chi connectivity index (χ4n) is 2.63. The maximum absolute atomic E-state index is 12.7. The Balaban J connectivity index is 1.87. The van der Waals surface area contributed by atoms with Crippen molar-refractivity contribution in [3.63, 3.8) is 0 Å². The van der Waals surface area contributed by atoms with Gasteiger partial charge in [-0.25, -0.2) is 4.98 Å². The maximum Gasteiger partial charge on any atom is 0.236 e. The number of nitrogens with one attached hydrogen (secondary N) is 1. The van der Waals surface area contributed by atoms with Crippen molar-refractivity contribution in [1.29, 1.82) is 0 Å². The van der Waals surface area contributed by atoms with Crippen molar-refractivity contribution >= 4 is 11.7 Å². The quantitative estimate of drug-likeness (QED) is 0.937. The summed E-state index contributed by atoms with van der Waals surface area (Å²) < 4.78 is 5.40. The number of methoxy groups -OCH3 is 1. The molecule has 4 nitrogen and oxygen atoms in total. The van der Waals surface area contributed by atoms with Gasteiger partial charge in [-0.05, 0) is 38.0 Å². The topological polar surface area (TPSA) is 51.2 Å². The summed E-state index contributed by atoms with van der Waals surface area (Å²) in [6.45, 7) is 1.91. The molecule has 0 bridgehead atoms. The highest BCUT2D eigenvalue weighted by atomic mass is 16.5. The third kappa shape index (κ3) is 2.49. The fourth-order valence-corrected chi connectivity index (χ4v) is 2.63. The van der Waals surface area contributed by atoms with Crippen LogP contribution < -0.4 is 10.1 Å². The summed E-state index contributed by atoms with van der Waals surface area (Å²) in [6, 6.07) is 13.3. The first kappa shape index (κ1) is 13.6. The molecule has 21 heavy (non-hydrogen) atoms. The van der Waals surface area contributed by atoms with E-state index in [1.165, 1.54) is 0 Å². The summed E-state index contributed by atoms with van der Waals surface area (Å²) in [5.41, 5.74) is 1.37. The van der Waals surface area contributed by atoms with Crippen LogP contribution in [0.15, 0.2) is 42.5 Å². The summed E-state index contributed by atoms with van der Waals surface area (Å²) in [5.74, 6) is 1.36. The molecule has 1 heterocycles. The average Bonchev–Trinajstić information content (AvgIpc) is 3.29. The standard InChI is InChI=1S/C17H18N2O2/c1-12-6-5-9-15(18-12)19-16(20)17(10-11-17)13-7-3-4-8-14(13)21-2/h3-9H,10-11H2,1-2H3,(H,18,19,20). The van der Waals surface area contributed by atoms with Crippen molar-refractivity contribution in [2.75, 3.05) is 12.4 Å². The molecule has 1 aliphatic rings. The fraction of sp³-hybridized carbons (Fsp3) is 0.294. The molecule has 1 N–H and O–H groups in total. The highest BCUT2D eigenvalue weighted by Gasteiger charge is 2.52. The van der Waals surface area contributed by atoms with Crippen LogP contribution in [-0.4, -0.2) is 18.0 Å². The number of anilines is 1. The number of aromatic nitrogens is 1. The predicted octanol–water partition coefficient (Wildman–Crippen LogP) is 3.07. The van der Waals surface area contributed by atoms with E-state index >= 15 is 0 Å². The zero-order chi connectivity index (χ0) is 14.9. The highest BCUT2D eigenvalue weighted by Crippen LogP contribution is 2.51. The van der Waals surface area contributed by atoms with Crippen molar-refractivity contribution in [2.24, 2.45) is 0 Å². The van der Waals surface area contributed by atoms with Gasteiger partial charge in [-0.2, -0.15) is 0 Å². The van der Waals surface area contributed by atoms with E-state index in [4.69, 9.17) is 4.74 Å². The Hall–Kier alpha value is -2.36. The van der Waals surface area contributed by atoms with Crippen LogP contribution in [-0.2, 0) is 10.2 Å². The van der Waals surface area contributed by atoms with Crippen LogP contribution in [0, 0.1) is 6.92 Å². The highest BCUT2D eigenvalue weighted by molar-refractivity contribution is 6.01. The van der Waals surface area contributed by atoms with Gasteiger partial charge < -0.3 is 10.1 Å². The van der Waals surface area contributed by atoms with E-state index in [-0.39, 0.29) is 5.91 Å². The van der Waals surface area contributed by atoms with Gasteiger partial charge in [-0.1, -0.05) is 24.3 Å². The van der Waals surface area contributed by atoms with E-state index in [9.17, 15) is 4.79 Å². The van der Waals surface area contributed by atoms with Gasteiger partial charge in [0.05, 0.1) is 12.5 Å². The number of hydrogen-bond acceptors (Lipinski definition) is 3. The molecule has 0 radical (unpaired) electrons. The number of amides is 1. The predicted molar refractivity (Wildman–Crippen MR) is 81.5 cm³/mol. The molecule has 0 atom stereocenters. The minimum atomic E-state index is -0.474. The largest absolute Gasteiger partial charge is 0.496 e. The molecule has 3 rings (SSSR count). The molecule has 0 unspecified atom stereocenters. The summed E-state index contributed by atoms with van der Waals surface area (Å²) in [5, 5.41) is 2.93. The van der Waals surface area contributed by atoms with Crippen molar-refractivity contribution in [1.82, 2.24) is 4.98 Å². The van der Waals surface area contributed by atoms with Gasteiger partial charge in [0.2, 0.25) is 5.91 Å². The van der Waals surface area contributed by atoms with Crippen molar-refractivity contribution in [2.45, 2.75) is 25.2 Å². The molecule has 1 amide bonds. The summed E-state index contributed by atoms with van der Waals surface area (Å²) in [4.78, 5) is 17.0. The Labute approximate surface area is 124 Å². The van der Waals surface area contributed by atoms with Gasteiger partial charge in [0.15, 0.2) is 0 Å². The van der Waals surface area contributed by atoms with E-state index in [1.807, 2.05) is 49.4 Å². The van der Waals surface area contributed by atoms with Crippen molar-refractivity contribution < 1.29 is 9.53 Å². The molecule has 4 heteroatoms. The third-order valence-electron chi connectivity index (χ3n) is 3.94.